The van der Waals surface area contributed by atoms with Crippen molar-refractivity contribution in [3.63, 3.8) is 0 Å². The highest BCUT2D eigenvalue weighted by molar-refractivity contribution is 6.08. The summed E-state index contributed by atoms with van der Waals surface area (Å²) in [5.74, 6) is 1.47. The minimum absolute atomic E-state index is 0.0166. The fraction of sp³-hybridized carbons (Fsp3) is 0.364. The Hall–Kier alpha value is -4.73. The van der Waals surface area contributed by atoms with Crippen LogP contribution < -0.4 is 21.1 Å². The fourth-order valence-corrected chi connectivity index (χ4v) is 4.60. The number of amides is 2. The van der Waals surface area contributed by atoms with Crippen molar-refractivity contribution >= 4 is 35.1 Å². The number of aromatic nitrogens is 2. The Balaban J connectivity index is 1.63. The van der Waals surface area contributed by atoms with Crippen molar-refractivity contribution in [2.45, 2.75) is 47.6 Å². The molecule has 10 heteroatoms. The number of ether oxygens (including phenoxy) is 1. The summed E-state index contributed by atoms with van der Waals surface area (Å²) in [6.45, 7) is 11.4. The molecule has 2 heterocycles. The first kappa shape index (κ1) is 31.2. The van der Waals surface area contributed by atoms with E-state index < -0.39 is 0 Å². The van der Waals surface area contributed by atoms with Gasteiger partial charge in [0.05, 0.1) is 12.2 Å². The van der Waals surface area contributed by atoms with Gasteiger partial charge in [0.2, 0.25) is 5.91 Å². The minimum atomic E-state index is -0.182. The summed E-state index contributed by atoms with van der Waals surface area (Å²) in [4.78, 5) is 36.8. The molecular weight excluding hydrogens is 542 g/mol. The minimum Gasteiger partial charge on any atom is -0.484 e. The molecule has 0 saturated heterocycles. The van der Waals surface area contributed by atoms with Gasteiger partial charge in [-0.15, -0.1) is 0 Å². The SMILES string of the molecule is CC(C)C(=O)N1CCc2nc(-c3cccc(OCC(=O)NCC(C)(C)C)c3)nc(Nc3ccc(/C(C=N)=C/N)cc3)c2C1. The zero-order valence-corrected chi connectivity index (χ0v) is 25.5. The second-order valence-corrected chi connectivity index (χ2v) is 12.1. The van der Waals surface area contributed by atoms with E-state index >= 15 is 0 Å². The third-order valence-electron chi connectivity index (χ3n) is 6.96. The van der Waals surface area contributed by atoms with Crippen LogP contribution in [0.15, 0.2) is 54.7 Å². The first-order chi connectivity index (χ1) is 20.5. The van der Waals surface area contributed by atoms with E-state index in [4.69, 9.17) is 25.8 Å². The molecule has 1 aromatic heterocycles. The molecule has 0 radical (unpaired) electrons. The first-order valence-electron chi connectivity index (χ1n) is 14.5. The topological polar surface area (TPSA) is 146 Å². The molecule has 0 atom stereocenters. The average Bonchev–Trinajstić information content (AvgIpc) is 2.99. The number of nitrogens with two attached hydrogens (primary N) is 1. The van der Waals surface area contributed by atoms with Gasteiger partial charge in [0, 0.05) is 60.2 Å². The average molecular weight is 584 g/mol. The molecule has 4 rings (SSSR count). The van der Waals surface area contributed by atoms with Gasteiger partial charge >= 0.3 is 0 Å². The predicted octanol–water partition coefficient (Wildman–Crippen LogP) is 4.92. The van der Waals surface area contributed by atoms with E-state index in [0.29, 0.717) is 49.0 Å². The van der Waals surface area contributed by atoms with Crippen molar-refractivity contribution in [3.05, 3.63) is 71.6 Å². The third-order valence-corrected chi connectivity index (χ3v) is 6.96. The molecule has 0 aliphatic carbocycles. The lowest BCUT2D eigenvalue weighted by Crippen LogP contribution is -2.39. The van der Waals surface area contributed by atoms with Gasteiger partial charge in [0.15, 0.2) is 12.4 Å². The number of allylic oxidation sites excluding steroid dienone is 1. The lowest BCUT2D eigenvalue weighted by molar-refractivity contribution is -0.135. The van der Waals surface area contributed by atoms with Gasteiger partial charge in [-0.25, -0.2) is 9.97 Å². The number of fused-ring (bicyclic) bond motifs is 1. The maximum absolute atomic E-state index is 12.8. The molecule has 1 aliphatic heterocycles. The Morgan fingerprint density at radius 1 is 1.14 bits per heavy atom. The van der Waals surface area contributed by atoms with Gasteiger partial charge in [-0.05, 0) is 35.2 Å². The normalized spacial score (nSPS) is 13.3. The van der Waals surface area contributed by atoms with E-state index in [1.165, 1.54) is 12.4 Å². The number of nitrogens with one attached hydrogen (secondary N) is 3. The van der Waals surface area contributed by atoms with Crippen LogP contribution in [0.25, 0.3) is 17.0 Å². The smallest absolute Gasteiger partial charge is 0.257 e. The number of rotatable bonds is 10. The molecule has 0 spiro atoms. The van der Waals surface area contributed by atoms with E-state index in [-0.39, 0.29) is 29.8 Å². The zero-order chi connectivity index (χ0) is 31.1. The van der Waals surface area contributed by atoms with Gasteiger partial charge in [0.25, 0.3) is 5.91 Å². The Labute approximate surface area is 253 Å². The van der Waals surface area contributed by atoms with Crippen LogP contribution in [0.5, 0.6) is 5.75 Å². The molecular formula is C33H41N7O3. The molecule has 3 aromatic rings. The highest BCUT2D eigenvalue weighted by atomic mass is 16.5. The molecule has 2 aromatic carbocycles. The molecule has 0 fully saturated rings. The van der Waals surface area contributed by atoms with Gasteiger partial charge < -0.3 is 31.4 Å². The molecule has 1 aliphatic rings. The van der Waals surface area contributed by atoms with Crippen LogP contribution in [0.1, 0.15) is 51.4 Å². The van der Waals surface area contributed by atoms with Crippen molar-refractivity contribution in [1.29, 1.82) is 5.41 Å². The number of carbonyl (C=O) groups excluding carboxylic acids is 2. The number of nitrogens with zero attached hydrogens (tertiary/aromatic N) is 3. The summed E-state index contributed by atoms with van der Waals surface area (Å²) < 4.78 is 5.79. The highest BCUT2D eigenvalue weighted by Crippen LogP contribution is 2.31. The number of anilines is 2. The fourth-order valence-electron chi connectivity index (χ4n) is 4.60. The van der Waals surface area contributed by atoms with Crippen LogP contribution in [0, 0.1) is 16.7 Å². The van der Waals surface area contributed by atoms with E-state index in [9.17, 15) is 9.59 Å². The molecule has 0 saturated carbocycles. The molecule has 0 bridgehead atoms. The summed E-state index contributed by atoms with van der Waals surface area (Å²) in [7, 11) is 0. The Morgan fingerprint density at radius 3 is 2.53 bits per heavy atom. The van der Waals surface area contributed by atoms with Crippen LogP contribution in [-0.4, -0.2) is 52.6 Å². The van der Waals surface area contributed by atoms with Crippen molar-refractivity contribution in [1.82, 2.24) is 20.2 Å². The Morgan fingerprint density at radius 2 is 1.88 bits per heavy atom. The third kappa shape index (κ3) is 8.18. The van der Waals surface area contributed by atoms with Crippen molar-refractivity contribution < 1.29 is 14.3 Å². The summed E-state index contributed by atoms with van der Waals surface area (Å²) in [5, 5.41) is 13.9. The van der Waals surface area contributed by atoms with Crippen LogP contribution in [0.3, 0.4) is 0 Å². The standard InChI is InChI=1S/C33H41N7O3/c1-21(2)32(42)40-14-13-28-27(18-40)31(37-25-11-9-22(10-12-25)24(16-34)17-35)39-30(38-28)23-7-6-8-26(15-23)43-19-29(41)36-20-33(3,4)5/h6-12,15-17,21,34H,13-14,18-20,35H2,1-5H3,(H,36,41)(H,37,38,39)/b24-17+,34-16?. The second kappa shape index (κ2) is 13.5. The Bertz CT molecular complexity index is 1510. The van der Waals surface area contributed by atoms with Gasteiger partial charge in [-0.2, -0.15) is 0 Å². The number of benzene rings is 2. The lowest BCUT2D eigenvalue weighted by Gasteiger charge is -2.31. The number of hydrogen-bond acceptors (Lipinski definition) is 8. The number of carbonyl (C=O) groups is 2. The molecule has 43 heavy (non-hydrogen) atoms. The monoisotopic (exact) mass is 583 g/mol. The van der Waals surface area contributed by atoms with Gasteiger partial charge in [0.1, 0.15) is 11.6 Å². The summed E-state index contributed by atoms with van der Waals surface area (Å²) >= 11 is 0. The largest absolute Gasteiger partial charge is 0.484 e. The van der Waals surface area contributed by atoms with Crippen molar-refractivity contribution in [2.24, 2.45) is 17.1 Å². The lowest BCUT2D eigenvalue weighted by atomic mass is 9.97. The van der Waals surface area contributed by atoms with Crippen LogP contribution in [0.2, 0.25) is 0 Å². The molecule has 2 amide bonds. The van der Waals surface area contributed by atoms with Crippen LogP contribution >= 0.6 is 0 Å². The Kier molecular flexibility index (Phi) is 9.80. The predicted molar refractivity (Wildman–Crippen MR) is 170 cm³/mol. The maximum Gasteiger partial charge on any atom is 0.257 e. The zero-order valence-electron chi connectivity index (χ0n) is 25.5. The van der Waals surface area contributed by atoms with Crippen molar-refractivity contribution in [2.75, 3.05) is 25.0 Å². The van der Waals surface area contributed by atoms with E-state index in [2.05, 4.69) is 31.4 Å². The molecule has 226 valence electrons. The molecule has 0 unspecified atom stereocenters. The summed E-state index contributed by atoms with van der Waals surface area (Å²) in [5.41, 5.74) is 10.4. The summed E-state index contributed by atoms with van der Waals surface area (Å²) in [6, 6.07) is 14.9. The number of hydrogen-bond donors (Lipinski definition) is 4. The summed E-state index contributed by atoms with van der Waals surface area (Å²) in [6.07, 6.45) is 3.22. The van der Waals surface area contributed by atoms with E-state index in [1.54, 1.807) is 6.07 Å². The van der Waals surface area contributed by atoms with Crippen LogP contribution in [0.4, 0.5) is 11.5 Å². The maximum atomic E-state index is 12.8. The second-order valence-electron chi connectivity index (χ2n) is 12.1. The van der Waals surface area contributed by atoms with E-state index in [0.717, 1.165) is 28.1 Å². The van der Waals surface area contributed by atoms with Gasteiger partial charge in [-0.1, -0.05) is 58.9 Å². The van der Waals surface area contributed by atoms with Crippen molar-refractivity contribution in [3.8, 4) is 17.1 Å². The van der Waals surface area contributed by atoms with E-state index in [1.807, 2.05) is 61.2 Å². The quantitative estimate of drug-likeness (QED) is 0.248. The van der Waals surface area contributed by atoms with Crippen LogP contribution in [-0.2, 0) is 22.6 Å². The highest BCUT2D eigenvalue weighted by Gasteiger charge is 2.27. The first-order valence-corrected chi connectivity index (χ1v) is 14.5. The molecule has 5 N–H and O–H groups in total. The molecule has 10 nitrogen and oxygen atoms in total. The van der Waals surface area contributed by atoms with Gasteiger partial charge in [-0.3, -0.25) is 9.59 Å².